The number of anilines is 2. The number of amides is 2. The SMILES string of the molecule is CCOc1cccc(/C(O)=C2/C(=O)C(=O)N(c3ccc(NC(C)=O)cc3)C2c2ccc(CC)cc2)c1. The minimum Gasteiger partial charge on any atom is -0.507 e. The van der Waals surface area contributed by atoms with E-state index in [4.69, 9.17) is 4.74 Å². The van der Waals surface area contributed by atoms with Crippen molar-refractivity contribution in [3.8, 4) is 5.75 Å². The molecule has 0 radical (unpaired) electrons. The summed E-state index contributed by atoms with van der Waals surface area (Å²) >= 11 is 0. The molecule has 1 aliphatic rings. The first kappa shape index (κ1) is 24.7. The van der Waals surface area contributed by atoms with Gasteiger partial charge in [-0.05, 0) is 60.9 Å². The van der Waals surface area contributed by atoms with Crippen molar-refractivity contribution in [2.24, 2.45) is 0 Å². The maximum absolute atomic E-state index is 13.3. The molecule has 1 saturated heterocycles. The average molecular weight is 485 g/mol. The van der Waals surface area contributed by atoms with Crippen LogP contribution < -0.4 is 15.0 Å². The zero-order valence-corrected chi connectivity index (χ0v) is 20.4. The van der Waals surface area contributed by atoms with E-state index in [1.165, 1.54) is 11.8 Å². The predicted octanol–water partition coefficient (Wildman–Crippen LogP) is 5.23. The zero-order chi connectivity index (χ0) is 25.8. The van der Waals surface area contributed by atoms with Gasteiger partial charge in [-0.2, -0.15) is 0 Å². The summed E-state index contributed by atoms with van der Waals surface area (Å²) in [5.74, 6) is -1.45. The number of nitrogens with zero attached hydrogens (tertiary/aromatic N) is 1. The Labute approximate surface area is 210 Å². The Morgan fingerprint density at radius 1 is 1.00 bits per heavy atom. The molecule has 1 heterocycles. The number of carbonyl (C=O) groups excluding carboxylic acids is 3. The number of benzene rings is 3. The summed E-state index contributed by atoms with van der Waals surface area (Å²) in [5, 5.41) is 14.0. The molecule has 2 amide bonds. The van der Waals surface area contributed by atoms with E-state index in [1.807, 2.05) is 38.1 Å². The van der Waals surface area contributed by atoms with Crippen molar-refractivity contribution in [2.45, 2.75) is 33.2 Å². The molecule has 0 saturated carbocycles. The standard InChI is InChI=1S/C29H28N2O5/c1-4-19-9-11-20(12-10-19)26-25(27(33)21-7-6-8-24(17-21)36-5-2)28(34)29(35)31(26)23-15-13-22(14-16-23)30-18(3)32/h6-17,26,33H,4-5H2,1-3H3,(H,30,32)/b27-25-. The predicted molar refractivity (Wildman–Crippen MR) is 139 cm³/mol. The second kappa shape index (κ2) is 10.5. The third-order valence-electron chi connectivity index (χ3n) is 6.03. The molecule has 3 aromatic rings. The van der Waals surface area contributed by atoms with Crippen molar-refractivity contribution >= 4 is 34.7 Å². The summed E-state index contributed by atoms with van der Waals surface area (Å²) in [6.45, 7) is 5.76. The van der Waals surface area contributed by atoms with Crippen LogP contribution in [0.25, 0.3) is 5.76 Å². The number of ketones is 1. The second-order valence-electron chi connectivity index (χ2n) is 8.45. The van der Waals surface area contributed by atoms with Gasteiger partial charge in [0, 0.05) is 23.9 Å². The quantitative estimate of drug-likeness (QED) is 0.272. The average Bonchev–Trinajstić information content (AvgIpc) is 3.14. The van der Waals surface area contributed by atoms with Crippen LogP contribution in [0.5, 0.6) is 5.75 Å². The summed E-state index contributed by atoms with van der Waals surface area (Å²) in [4.78, 5) is 39.4. The number of nitrogens with one attached hydrogen (secondary N) is 1. The van der Waals surface area contributed by atoms with E-state index < -0.39 is 17.7 Å². The third-order valence-corrected chi connectivity index (χ3v) is 6.03. The highest BCUT2D eigenvalue weighted by atomic mass is 16.5. The number of aliphatic hydroxyl groups excluding tert-OH is 1. The lowest BCUT2D eigenvalue weighted by atomic mass is 9.94. The highest BCUT2D eigenvalue weighted by Gasteiger charge is 2.47. The smallest absolute Gasteiger partial charge is 0.300 e. The molecule has 1 atom stereocenters. The number of ether oxygens (including phenoxy) is 1. The van der Waals surface area contributed by atoms with Crippen LogP contribution in [0.4, 0.5) is 11.4 Å². The maximum atomic E-state index is 13.3. The Hall–Kier alpha value is -4.39. The van der Waals surface area contributed by atoms with Gasteiger partial charge in [0.1, 0.15) is 11.5 Å². The molecule has 7 heteroatoms. The van der Waals surface area contributed by atoms with E-state index in [9.17, 15) is 19.5 Å². The fourth-order valence-electron chi connectivity index (χ4n) is 4.31. The summed E-state index contributed by atoms with van der Waals surface area (Å²) in [7, 11) is 0. The normalized spacial score (nSPS) is 16.8. The molecule has 184 valence electrons. The Kier molecular flexibility index (Phi) is 7.20. The van der Waals surface area contributed by atoms with Crippen LogP contribution in [0.2, 0.25) is 0 Å². The van der Waals surface area contributed by atoms with Crippen LogP contribution in [-0.2, 0) is 20.8 Å². The monoisotopic (exact) mass is 484 g/mol. The van der Waals surface area contributed by atoms with E-state index in [-0.39, 0.29) is 17.2 Å². The topological polar surface area (TPSA) is 95.9 Å². The molecule has 1 unspecified atom stereocenters. The van der Waals surface area contributed by atoms with Crippen LogP contribution >= 0.6 is 0 Å². The molecule has 2 N–H and O–H groups in total. The number of Topliss-reactive ketones (excluding diaryl/α,β-unsaturated/α-hetero) is 1. The minimum absolute atomic E-state index is 0.00355. The number of carbonyl (C=O) groups is 3. The van der Waals surface area contributed by atoms with Gasteiger partial charge in [-0.1, -0.05) is 43.3 Å². The molecule has 0 spiro atoms. The highest BCUT2D eigenvalue weighted by molar-refractivity contribution is 6.51. The summed E-state index contributed by atoms with van der Waals surface area (Å²) in [6, 6.07) is 20.3. The fourth-order valence-corrected chi connectivity index (χ4v) is 4.31. The molecule has 0 bridgehead atoms. The van der Waals surface area contributed by atoms with E-state index in [1.54, 1.807) is 48.5 Å². The number of aryl methyl sites for hydroxylation is 1. The maximum Gasteiger partial charge on any atom is 0.300 e. The van der Waals surface area contributed by atoms with Crippen LogP contribution in [0.15, 0.2) is 78.4 Å². The molecule has 4 rings (SSSR count). The van der Waals surface area contributed by atoms with Crippen molar-refractivity contribution in [2.75, 3.05) is 16.8 Å². The van der Waals surface area contributed by atoms with Crippen LogP contribution in [0, 0.1) is 0 Å². The van der Waals surface area contributed by atoms with Crippen molar-refractivity contribution in [3.63, 3.8) is 0 Å². The number of hydrogen-bond acceptors (Lipinski definition) is 5. The molecular weight excluding hydrogens is 456 g/mol. The molecule has 0 aromatic heterocycles. The number of hydrogen-bond donors (Lipinski definition) is 2. The van der Waals surface area contributed by atoms with E-state index in [0.29, 0.717) is 34.9 Å². The second-order valence-corrected chi connectivity index (χ2v) is 8.45. The molecule has 7 nitrogen and oxygen atoms in total. The van der Waals surface area contributed by atoms with E-state index in [0.717, 1.165) is 12.0 Å². The Morgan fingerprint density at radius 2 is 1.69 bits per heavy atom. The van der Waals surface area contributed by atoms with Crippen molar-refractivity contribution in [1.29, 1.82) is 0 Å². The first-order valence-electron chi connectivity index (χ1n) is 11.8. The number of aliphatic hydroxyl groups is 1. The van der Waals surface area contributed by atoms with Gasteiger partial charge in [0.2, 0.25) is 5.91 Å². The third kappa shape index (κ3) is 4.86. The summed E-state index contributed by atoms with van der Waals surface area (Å²) < 4.78 is 5.55. The van der Waals surface area contributed by atoms with Crippen LogP contribution in [-0.4, -0.2) is 29.3 Å². The van der Waals surface area contributed by atoms with Gasteiger partial charge in [0.05, 0.1) is 18.2 Å². The lowest BCUT2D eigenvalue weighted by Crippen LogP contribution is -2.29. The number of rotatable bonds is 7. The van der Waals surface area contributed by atoms with Crippen LogP contribution in [0.3, 0.4) is 0 Å². The lowest BCUT2D eigenvalue weighted by molar-refractivity contribution is -0.132. The van der Waals surface area contributed by atoms with Gasteiger partial charge in [-0.3, -0.25) is 19.3 Å². The molecule has 1 aliphatic heterocycles. The molecule has 36 heavy (non-hydrogen) atoms. The summed E-state index contributed by atoms with van der Waals surface area (Å²) in [5.41, 5.74) is 3.23. The molecular formula is C29H28N2O5. The van der Waals surface area contributed by atoms with Gasteiger partial charge >= 0.3 is 0 Å². The Morgan fingerprint density at radius 3 is 2.31 bits per heavy atom. The fraction of sp³-hybridized carbons (Fsp3) is 0.207. The van der Waals surface area contributed by atoms with Gasteiger partial charge in [0.25, 0.3) is 11.7 Å². The minimum atomic E-state index is -0.835. The van der Waals surface area contributed by atoms with Crippen LogP contribution in [0.1, 0.15) is 43.5 Å². The molecule has 1 fully saturated rings. The highest BCUT2D eigenvalue weighted by Crippen LogP contribution is 2.42. The lowest BCUT2D eigenvalue weighted by Gasteiger charge is -2.26. The van der Waals surface area contributed by atoms with Gasteiger partial charge in [0.15, 0.2) is 0 Å². The zero-order valence-electron chi connectivity index (χ0n) is 20.4. The first-order valence-corrected chi connectivity index (χ1v) is 11.8. The van der Waals surface area contributed by atoms with Gasteiger partial charge in [-0.25, -0.2) is 0 Å². The van der Waals surface area contributed by atoms with E-state index in [2.05, 4.69) is 5.32 Å². The largest absolute Gasteiger partial charge is 0.507 e. The first-order chi connectivity index (χ1) is 17.3. The van der Waals surface area contributed by atoms with Crippen molar-refractivity contribution < 1.29 is 24.2 Å². The Balaban J connectivity index is 1.86. The van der Waals surface area contributed by atoms with Crippen molar-refractivity contribution in [1.82, 2.24) is 0 Å². The van der Waals surface area contributed by atoms with Crippen molar-refractivity contribution in [3.05, 3.63) is 95.1 Å². The molecule has 3 aromatic carbocycles. The van der Waals surface area contributed by atoms with Gasteiger partial charge in [-0.15, -0.1) is 0 Å². The van der Waals surface area contributed by atoms with Gasteiger partial charge < -0.3 is 15.2 Å². The Bertz CT molecular complexity index is 1330. The molecule has 0 aliphatic carbocycles. The summed E-state index contributed by atoms with van der Waals surface area (Å²) in [6.07, 6.45) is 0.843. The van der Waals surface area contributed by atoms with E-state index >= 15 is 0 Å².